The second-order valence-corrected chi connectivity index (χ2v) is 6.71. The molecule has 0 aliphatic carbocycles. The van der Waals surface area contributed by atoms with Gasteiger partial charge in [0.1, 0.15) is 5.82 Å². The minimum absolute atomic E-state index is 0.0329. The molecule has 0 amide bonds. The Bertz CT molecular complexity index is 929. The molecule has 0 saturated carbocycles. The molecule has 2 atom stereocenters. The van der Waals surface area contributed by atoms with Crippen molar-refractivity contribution >= 4 is 17.7 Å². The number of hydrogen-bond donors (Lipinski definition) is 3. The molecule has 2 aromatic heterocycles. The lowest BCUT2D eigenvalue weighted by molar-refractivity contribution is 0.264. The van der Waals surface area contributed by atoms with E-state index in [-0.39, 0.29) is 25.3 Å². The third-order valence-corrected chi connectivity index (χ3v) is 4.73. The molecule has 3 rings (SSSR count). The van der Waals surface area contributed by atoms with Crippen molar-refractivity contribution < 1.29 is 10.2 Å². The first-order valence-electron chi connectivity index (χ1n) is 9.65. The highest BCUT2D eigenvalue weighted by Gasteiger charge is 2.10. The van der Waals surface area contributed by atoms with Crippen molar-refractivity contribution in [3.63, 3.8) is 0 Å². The predicted molar refractivity (Wildman–Crippen MR) is 112 cm³/mol. The van der Waals surface area contributed by atoms with Crippen molar-refractivity contribution in [1.82, 2.24) is 14.6 Å². The average Bonchev–Trinajstić information content (AvgIpc) is 3.16. The third-order valence-electron chi connectivity index (χ3n) is 4.73. The van der Waals surface area contributed by atoms with Gasteiger partial charge in [-0.2, -0.15) is 0 Å². The van der Waals surface area contributed by atoms with E-state index in [9.17, 15) is 10.2 Å². The Balaban J connectivity index is 1.92. The molecular weight excluding hydrogens is 354 g/mol. The first-order chi connectivity index (χ1) is 13.7. The number of aliphatic hydroxyl groups is 2. The van der Waals surface area contributed by atoms with Gasteiger partial charge in [-0.3, -0.25) is 4.99 Å². The maximum atomic E-state index is 9.41. The van der Waals surface area contributed by atoms with Crippen molar-refractivity contribution in [3.05, 3.63) is 48.2 Å². The van der Waals surface area contributed by atoms with Gasteiger partial charge in [-0.25, -0.2) is 9.50 Å². The van der Waals surface area contributed by atoms with Crippen molar-refractivity contribution in [2.45, 2.75) is 38.8 Å². The number of fused-ring (bicyclic) bond motifs is 1. The molecule has 0 aliphatic rings. The monoisotopic (exact) mass is 381 g/mol. The van der Waals surface area contributed by atoms with Crippen LogP contribution in [-0.4, -0.2) is 56.3 Å². The number of benzene rings is 1. The molecule has 3 N–H and O–H groups in total. The summed E-state index contributed by atoms with van der Waals surface area (Å²) in [6, 6.07) is 11.7. The molecular formula is C21H27N5O2. The molecule has 0 unspecified atom stereocenters. The summed E-state index contributed by atoms with van der Waals surface area (Å²) in [5.74, 6) is 0.694. The summed E-state index contributed by atoms with van der Waals surface area (Å²) in [6.07, 6.45) is 5.20. The van der Waals surface area contributed by atoms with Gasteiger partial charge in [0, 0.05) is 11.8 Å². The van der Waals surface area contributed by atoms with E-state index < -0.39 is 0 Å². The molecule has 0 aliphatic heterocycles. The topological polar surface area (TPSA) is 95.0 Å². The van der Waals surface area contributed by atoms with Gasteiger partial charge in [-0.15, -0.1) is 5.10 Å². The lowest BCUT2D eigenvalue weighted by Crippen LogP contribution is -2.23. The zero-order valence-corrected chi connectivity index (χ0v) is 16.3. The van der Waals surface area contributed by atoms with Gasteiger partial charge in [0.05, 0.1) is 37.2 Å². The van der Waals surface area contributed by atoms with Crippen molar-refractivity contribution in [1.29, 1.82) is 0 Å². The van der Waals surface area contributed by atoms with Crippen molar-refractivity contribution in [2.24, 2.45) is 4.99 Å². The Labute approximate surface area is 164 Å². The number of aliphatic imine (C=N–C) groups is 1. The number of aromatic nitrogens is 3. The van der Waals surface area contributed by atoms with Gasteiger partial charge in [-0.05, 0) is 36.6 Å². The summed E-state index contributed by atoms with van der Waals surface area (Å²) in [6.45, 7) is 4.12. The van der Waals surface area contributed by atoms with Crippen LogP contribution in [0, 0.1) is 0 Å². The number of nitrogens with zero attached hydrogens (tertiary/aromatic N) is 4. The zero-order chi connectivity index (χ0) is 19.9. The predicted octanol–water partition coefficient (Wildman–Crippen LogP) is 2.77. The standard InChI is InChI=1S/C21H27N5O2/c1-3-17(13-27)22-11-15-6-5-7-16(10-15)19-12-23-21-9-8-20(25-26(19)21)24-18(4-2)14-28/h5-12,17-18,27-28H,3-4,13-14H2,1-2H3,(H,24,25)/t17-,18-/m0/s1. The van der Waals surface area contributed by atoms with Crippen LogP contribution in [0.25, 0.3) is 16.9 Å². The molecule has 7 heteroatoms. The Morgan fingerprint density at radius 2 is 2.00 bits per heavy atom. The minimum Gasteiger partial charge on any atom is -0.394 e. The number of nitrogens with one attached hydrogen (secondary N) is 1. The van der Waals surface area contributed by atoms with Gasteiger partial charge >= 0.3 is 0 Å². The fourth-order valence-electron chi connectivity index (χ4n) is 2.88. The van der Waals surface area contributed by atoms with E-state index in [1.165, 1.54) is 0 Å². The number of imidazole rings is 1. The first kappa shape index (κ1) is 20.0. The van der Waals surface area contributed by atoms with Crippen LogP contribution in [0.2, 0.25) is 0 Å². The second-order valence-electron chi connectivity index (χ2n) is 6.71. The van der Waals surface area contributed by atoms with Gasteiger partial charge in [0.2, 0.25) is 0 Å². The summed E-state index contributed by atoms with van der Waals surface area (Å²) in [4.78, 5) is 8.88. The molecule has 1 aromatic carbocycles. The van der Waals surface area contributed by atoms with Gasteiger partial charge in [0.15, 0.2) is 5.65 Å². The molecule has 7 nitrogen and oxygen atoms in total. The summed E-state index contributed by atoms with van der Waals surface area (Å²) in [5, 5.41) is 26.6. The molecule has 28 heavy (non-hydrogen) atoms. The van der Waals surface area contributed by atoms with Gasteiger partial charge in [-0.1, -0.05) is 32.0 Å². The van der Waals surface area contributed by atoms with E-state index in [4.69, 9.17) is 0 Å². The normalized spacial score (nSPS) is 13.9. The van der Waals surface area contributed by atoms with Crippen LogP contribution < -0.4 is 5.32 Å². The molecule has 3 aromatic rings. The quantitative estimate of drug-likeness (QED) is 0.496. The number of hydrogen-bond acceptors (Lipinski definition) is 6. The fourth-order valence-corrected chi connectivity index (χ4v) is 2.88. The maximum absolute atomic E-state index is 9.41. The van der Waals surface area contributed by atoms with E-state index in [1.54, 1.807) is 16.9 Å². The van der Waals surface area contributed by atoms with Crippen molar-refractivity contribution in [3.8, 4) is 11.3 Å². The first-order valence-corrected chi connectivity index (χ1v) is 9.65. The molecule has 2 heterocycles. The highest BCUT2D eigenvalue weighted by molar-refractivity contribution is 5.82. The third kappa shape index (κ3) is 4.55. The van der Waals surface area contributed by atoms with E-state index >= 15 is 0 Å². The smallest absolute Gasteiger partial charge is 0.154 e. The molecule has 0 spiro atoms. The number of aliphatic hydroxyl groups excluding tert-OH is 2. The van der Waals surface area contributed by atoms with Crippen LogP contribution in [0.1, 0.15) is 32.3 Å². The summed E-state index contributed by atoms with van der Waals surface area (Å²) < 4.78 is 1.80. The minimum atomic E-state index is -0.0761. The Kier molecular flexibility index (Phi) is 6.73. The van der Waals surface area contributed by atoms with Crippen LogP contribution in [0.3, 0.4) is 0 Å². The molecule has 0 saturated heterocycles. The zero-order valence-electron chi connectivity index (χ0n) is 16.3. The van der Waals surface area contributed by atoms with Crippen LogP contribution in [0.5, 0.6) is 0 Å². The molecule has 148 valence electrons. The average molecular weight is 381 g/mol. The van der Waals surface area contributed by atoms with Crippen LogP contribution in [0.15, 0.2) is 47.6 Å². The fraction of sp³-hybridized carbons (Fsp3) is 0.381. The summed E-state index contributed by atoms with van der Waals surface area (Å²) in [7, 11) is 0. The highest BCUT2D eigenvalue weighted by Crippen LogP contribution is 2.22. The number of rotatable bonds is 9. The summed E-state index contributed by atoms with van der Waals surface area (Å²) >= 11 is 0. The van der Waals surface area contributed by atoms with Gasteiger partial charge in [0.25, 0.3) is 0 Å². The maximum Gasteiger partial charge on any atom is 0.154 e. The number of anilines is 1. The van der Waals surface area contributed by atoms with Gasteiger partial charge < -0.3 is 15.5 Å². The largest absolute Gasteiger partial charge is 0.394 e. The summed E-state index contributed by atoms with van der Waals surface area (Å²) in [5.41, 5.74) is 3.57. The SMILES string of the molecule is CC[C@@H](CO)N=Cc1cccc(-c2cnc3ccc(N[C@@H](CC)CO)nn23)c1. The van der Waals surface area contributed by atoms with Crippen LogP contribution >= 0.6 is 0 Å². The highest BCUT2D eigenvalue weighted by atomic mass is 16.3. The Hall–Kier alpha value is -2.77. The van der Waals surface area contributed by atoms with Crippen molar-refractivity contribution in [2.75, 3.05) is 18.5 Å². The van der Waals surface area contributed by atoms with E-state index in [1.807, 2.05) is 50.2 Å². The van der Waals surface area contributed by atoms with E-state index in [2.05, 4.69) is 20.4 Å². The lowest BCUT2D eigenvalue weighted by atomic mass is 10.1. The van der Waals surface area contributed by atoms with E-state index in [0.717, 1.165) is 35.3 Å². The van der Waals surface area contributed by atoms with Crippen LogP contribution in [-0.2, 0) is 0 Å². The Morgan fingerprint density at radius 1 is 1.14 bits per heavy atom. The molecule has 0 radical (unpaired) electrons. The lowest BCUT2D eigenvalue weighted by Gasteiger charge is -2.14. The molecule has 0 bridgehead atoms. The molecule has 0 fully saturated rings. The van der Waals surface area contributed by atoms with E-state index in [0.29, 0.717) is 5.82 Å². The second kappa shape index (κ2) is 9.43. The Morgan fingerprint density at radius 3 is 2.71 bits per heavy atom. The van der Waals surface area contributed by atoms with Crippen LogP contribution in [0.4, 0.5) is 5.82 Å².